The molecule has 1 amide bonds. The number of amides is 1. The highest BCUT2D eigenvalue weighted by molar-refractivity contribution is 6.03. The molecule has 1 fully saturated rings. The molecule has 4 nitrogen and oxygen atoms in total. The summed E-state index contributed by atoms with van der Waals surface area (Å²) in [5, 5.41) is 2.59. The molecule has 3 N–H and O–H groups in total. The van der Waals surface area contributed by atoms with E-state index in [-0.39, 0.29) is 11.9 Å². The molecule has 108 valence electrons. The molecular weight excluding hydrogens is 271 g/mol. The van der Waals surface area contributed by atoms with Crippen LogP contribution >= 0.6 is 0 Å². The number of alkyl halides is 3. The minimum atomic E-state index is -4.25. The van der Waals surface area contributed by atoms with Crippen LogP contribution in [0.3, 0.4) is 0 Å². The summed E-state index contributed by atoms with van der Waals surface area (Å²) in [6.07, 6.45) is -2.72. The fourth-order valence-electron chi connectivity index (χ4n) is 2.46. The number of nitrogens with one attached hydrogen (secondary N) is 1. The average Bonchev–Trinajstić information content (AvgIpc) is 3.14. The predicted octanol–water partition coefficient (Wildman–Crippen LogP) is 2.17. The number of fused-ring (bicyclic) bond motifs is 1. The van der Waals surface area contributed by atoms with Gasteiger partial charge in [-0.15, -0.1) is 0 Å². The van der Waals surface area contributed by atoms with Gasteiger partial charge in [0.2, 0.25) is 5.91 Å². The Labute approximate surface area is 113 Å². The summed E-state index contributed by atoms with van der Waals surface area (Å²) in [4.78, 5) is 12.8. The molecule has 1 aromatic rings. The van der Waals surface area contributed by atoms with Crippen molar-refractivity contribution in [1.29, 1.82) is 0 Å². The molecule has 1 aliphatic heterocycles. The Kier molecular flexibility index (Phi) is 2.89. The maximum atomic E-state index is 12.6. The Hall–Kier alpha value is -1.76. The van der Waals surface area contributed by atoms with Crippen LogP contribution in [-0.2, 0) is 4.79 Å². The van der Waals surface area contributed by atoms with Crippen LogP contribution < -0.4 is 16.0 Å². The average molecular weight is 285 g/mol. The number of nitrogens with zero attached hydrogens (tertiary/aromatic N) is 1. The Morgan fingerprint density at radius 3 is 2.65 bits per heavy atom. The molecule has 3 rings (SSSR count). The highest BCUT2D eigenvalue weighted by atomic mass is 19.4. The van der Waals surface area contributed by atoms with Crippen molar-refractivity contribution >= 4 is 17.3 Å². The Bertz CT molecular complexity index is 554. The first-order valence-corrected chi connectivity index (χ1v) is 6.39. The van der Waals surface area contributed by atoms with Gasteiger partial charge in [0.25, 0.3) is 0 Å². The molecule has 0 radical (unpaired) electrons. The summed E-state index contributed by atoms with van der Waals surface area (Å²) < 4.78 is 37.9. The first kappa shape index (κ1) is 13.2. The van der Waals surface area contributed by atoms with E-state index in [1.807, 2.05) is 0 Å². The number of rotatable bonds is 3. The molecule has 0 spiro atoms. The first-order valence-electron chi connectivity index (χ1n) is 6.39. The maximum Gasteiger partial charge on any atom is 0.405 e. The number of hydrogen-bond donors (Lipinski definition) is 2. The van der Waals surface area contributed by atoms with E-state index >= 15 is 0 Å². The second-order valence-corrected chi connectivity index (χ2v) is 5.21. The Morgan fingerprint density at radius 1 is 1.35 bits per heavy atom. The van der Waals surface area contributed by atoms with Gasteiger partial charge in [0, 0.05) is 23.0 Å². The highest BCUT2D eigenvalue weighted by Gasteiger charge is 2.39. The summed E-state index contributed by atoms with van der Waals surface area (Å²) >= 11 is 0. The largest absolute Gasteiger partial charge is 0.405 e. The van der Waals surface area contributed by atoms with Crippen LogP contribution in [0.1, 0.15) is 24.4 Å². The third kappa shape index (κ3) is 2.45. The lowest BCUT2D eigenvalue weighted by Crippen LogP contribution is -2.36. The lowest BCUT2D eigenvalue weighted by atomic mass is 10.1. The number of halogens is 3. The molecule has 20 heavy (non-hydrogen) atoms. The zero-order valence-corrected chi connectivity index (χ0v) is 10.6. The molecule has 0 aromatic heterocycles. The standard InChI is InChI=1S/C13H14F3N3O/c14-13(15,16)6-19(7-1-2-7)8-3-4-9-10(5-8)18-12(20)11(9)17/h3-5,7,11H,1-2,6,17H2,(H,18,20). The van der Waals surface area contributed by atoms with Crippen LogP contribution in [0.2, 0.25) is 0 Å². The van der Waals surface area contributed by atoms with Crippen molar-refractivity contribution in [3.8, 4) is 0 Å². The number of hydrogen-bond acceptors (Lipinski definition) is 3. The van der Waals surface area contributed by atoms with Gasteiger partial charge in [0.1, 0.15) is 12.6 Å². The van der Waals surface area contributed by atoms with Gasteiger partial charge in [-0.05, 0) is 25.0 Å². The van der Waals surface area contributed by atoms with Crippen LogP contribution in [0.5, 0.6) is 0 Å². The minimum Gasteiger partial charge on any atom is -0.359 e. The smallest absolute Gasteiger partial charge is 0.359 e. The number of nitrogens with two attached hydrogens (primary N) is 1. The first-order chi connectivity index (χ1) is 9.35. The normalized spacial score (nSPS) is 21.6. The quantitative estimate of drug-likeness (QED) is 0.895. The molecule has 1 heterocycles. The zero-order chi connectivity index (χ0) is 14.5. The number of carbonyl (C=O) groups excluding carboxylic acids is 1. The lowest BCUT2D eigenvalue weighted by Gasteiger charge is -2.26. The SMILES string of the molecule is NC1C(=O)Nc2cc(N(CC(F)(F)F)C3CC3)ccc21. The zero-order valence-electron chi connectivity index (χ0n) is 10.6. The third-order valence-corrected chi connectivity index (χ3v) is 3.58. The van der Waals surface area contributed by atoms with Crippen LogP contribution in [0.25, 0.3) is 0 Å². The molecule has 7 heteroatoms. The third-order valence-electron chi connectivity index (χ3n) is 3.58. The summed E-state index contributed by atoms with van der Waals surface area (Å²) in [6, 6.07) is 3.99. The van der Waals surface area contributed by atoms with Crippen molar-refractivity contribution in [1.82, 2.24) is 0 Å². The minimum absolute atomic E-state index is 0.0690. The van der Waals surface area contributed by atoms with E-state index in [1.165, 1.54) is 4.90 Å². The molecule has 1 unspecified atom stereocenters. The molecule has 1 saturated carbocycles. The van der Waals surface area contributed by atoms with Crippen LogP contribution in [0, 0.1) is 0 Å². The summed E-state index contributed by atoms with van der Waals surface area (Å²) in [7, 11) is 0. The number of anilines is 2. The van der Waals surface area contributed by atoms with Gasteiger partial charge in [-0.3, -0.25) is 4.79 Å². The Morgan fingerprint density at radius 2 is 2.05 bits per heavy atom. The van der Waals surface area contributed by atoms with Gasteiger partial charge in [0.05, 0.1) is 0 Å². The van der Waals surface area contributed by atoms with Crippen molar-refractivity contribution in [2.24, 2.45) is 5.73 Å². The van der Waals surface area contributed by atoms with E-state index in [0.29, 0.717) is 16.9 Å². The Balaban J connectivity index is 1.89. The number of benzene rings is 1. The molecular formula is C13H14F3N3O. The predicted molar refractivity (Wildman–Crippen MR) is 68.4 cm³/mol. The van der Waals surface area contributed by atoms with E-state index in [1.54, 1.807) is 18.2 Å². The molecule has 1 aromatic carbocycles. The van der Waals surface area contributed by atoms with Gasteiger partial charge < -0.3 is 16.0 Å². The van der Waals surface area contributed by atoms with Gasteiger partial charge in [-0.25, -0.2) is 0 Å². The van der Waals surface area contributed by atoms with Crippen molar-refractivity contribution < 1.29 is 18.0 Å². The van der Waals surface area contributed by atoms with Gasteiger partial charge in [-0.2, -0.15) is 13.2 Å². The van der Waals surface area contributed by atoms with Crippen molar-refractivity contribution in [2.75, 3.05) is 16.8 Å². The molecule has 0 saturated heterocycles. The molecule has 2 aliphatic rings. The topological polar surface area (TPSA) is 58.4 Å². The summed E-state index contributed by atoms with van der Waals surface area (Å²) in [5.41, 5.74) is 7.29. The van der Waals surface area contributed by atoms with Gasteiger partial charge >= 0.3 is 6.18 Å². The monoisotopic (exact) mass is 285 g/mol. The molecule has 0 bridgehead atoms. The van der Waals surface area contributed by atoms with Crippen molar-refractivity contribution in [3.05, 3.63) is 23.8 Å². The van der Waals surface area contributed by atoms with Crippen LogP contribution in [0.15, 0.2) is 18.2 Å². The van der Waals surface area contributed by atoms with Gasteiger partial charge in [0.15, 0.2) is 0 Å². The molecule has 1 atom stereocenters. The second kappa shape index (κ2) is 4.37. The summed E-state index contributed by atoms with van der Waals surface area (Å²) in [5.74, 6) is -0.328. The summed E-state index contributed by atoms with van der Waals surface area (Å²) in [6.45, 7) is -0.976. The van der Waals surface area contributed by atoms with Crippen LogP contribution in [-0.4, -0.2) is 24.7 Å². The van der Waals surface area contributed by atoms with E-state index in [9.17, 15) is 18.0 Å². The van der Waals surface area contributed by atoms with E-state index < -0.39 is 18.8 Å². The highest BCUT2D eigenvalue weighted by Crippen LogP contribution is 2.38. The lowest BCUT2D eigenvalue weighted by molar-refractivity contribution is -0.120. The van der Waals surface area contributed by atoms with E-state index in [0.717, 1.165) is 12.8 Å². The second-order valence-electron chi connectivity index (χ2n) is 5.21. The van der Waals surface area contributed by atoms with E-state index in [2.05, 4.69) is 5.32 Å². The van der Waals surface area contributed by atoms with Crippen LogP contribution in [0.4, 0.5) is 24.5 Å². The fraction of sp³-hybridized carbons (Fsp3) is 0.462. The van der Waals surface area contributed by atoms with Crippen molar-refractivity contribution in [2.45, 2.75) is 31.1 Å². The fourth-order valence-corrected chi connectivity index (χ4v) is 2.46. The molecule has 1 aliphatic carbocycles. The number of carbonyl (C=O) groups is 1. The van der Waals surface area contributed by atoms with Crippen molar-refractivity contribution in [3.63, 3.8) is 0 Å². The van der Waals surface area contributed by atoms with E-state index in [4.69, 9.17) is 5.73 Å². The van der Waals surface area contributed by atoms with Gasteiger partial charge in [-0.1, -0.05) is 6.07 Å². The maximum absolute atomic E-state index is 12.6.